The molecule has 0 fully saturated rings. The third kappa shape index (κ3) is 12.7. The van der Waals surface area contributed by atoms with Gasteiger partial charge >= 0.3 is 5.97 Å². The van der Waals surface area contributed by atoms with E-state index in [1.807, 2.05) is 42.5 Å². The Hall–Kier alpha value is -3.01. The monoisotopic (exact) mass is 616 g/mol. The SMILES string of the molecule is CCCCCCCCCCCCc1cccc(OC(=O)c2c(O)c(CCCCCCCCCCCC)cc3ccccc23)c1O. The van der Waals surface area contributed by atoms with Crippen LogP contribution in [0.1, 0.15) is 164 Å². The van der Waals surface area contributed by atoms with Crippen LogP contribution in [0.15, 0.2) is 48.5 Å². The Kier molecular flexibility index (Phi) is 17.6. The van der Waals surface area contributed by atoms with Gasteiger partial charge in [0.05, 0.1) is 0 Å². The maximum absolute atomic E-state index is 13.6. The van der Waals surface area contributed by atoms with Crippen LogP contribution in [-0.4, -0.2) is 16.2 Å². The number of carbonyl (C=O) groups is 1. The predicted molar refractivity (Wildman–Crippen MR) is 190 cm³/mol. The van der Waals surface area contributed by atoms with Gasteiger partial charge in [-0.1, -0.05) is 166 Å². The summed E-state index contributed by atoms with van der Waals surface area (Å²) in [6.45, 7) is 4.51. The number of para-hydroxylation sites is 1. The molecule has 0 atom stereocenters. The van der Waals surface area contributed by atoms with Crippen molar-refractivity contribution in [1.29, 1.82) is 0 Å². The number of rotatable bonds is 24. The third-order valence-electron chi connectivity index (χ3n) is 9.19. The van der Waals surface area contributed by atoms with Crippen molar-refractivity contribution in [2.45, 2.75) is 155 Å². The third-order valence-corrected chi connectivity index (χ3v) is 9.19. The fourth-order valence-electron chi connectivity index (χ4n) is 6.40. The first kappa shape index (κ1) is 36.5. The molecule has 0 saturated heterocycles. The van der Waals surface area contributed by atoms with Crippen LogP contribution in [-0.2, 0) is 12.8 Å². The number of phenolic OH excluding ortho intramolecular Hbond substituents is 2. The lowest BCUT2D eigenvalue weighted by atomic mass is 9.96. The minimum absolute atomic E-state index is 0.00404. The van der Waals surface area contributed by atoms with Crippen molar-refractivity contribution in [3.8, 4) is 17.2 Å². The number of aryl methyl sites for hydroxylation is 2. The zero-order valence-corrected chi connectivity index (χ0v) is 28.4. The van der Waals surface area contributed by atoms with Crippen LogP contribution in [0, 0.1) is 0 Å². The van der Waals surface area contributed by atoms with Gasteiger partial charge in [0.2, 0.25) is 0 Å². The second-order valence-electron chi connectivity index (χ2n) is 13.0. The molecular formula is C41H60O4. The Labute approximate surface area is 273 Å². The van der Waals surface area contributed by atoms with Gasteiger partial charge in [0.15, 0.2) is 11.5 Å². The number of phenols is 2. The van der Waals surface area contributed by atoms with Gasteiger partial charge in [-0.25, -0.2) is 4.79 Å². The average molecular weight is 617 g/mol. The van der Waals surface area contributed by atoms with Crippen molar-refractivity contribution in [3.63, 3.8) is 0 Å². The molecule has 0 spiro atoms. The van der Waals surface area contributed by atoms with Crippen LogP contribution in [0.5, 0.6) is 17.2 Å². The normalized spacial score (nSPS) is 11.3. The highest BCUT2D eigenvalue weighted by Gasteiger charge is 2.22. The zero-order chi connectivity index (χ0) is 32.1. The van der Waals surface area contributed by atoms with E-state index in [0.717, 1.165) is 48.6 Å². The molecule has 0 unspecified atom stereocenters. The summed E-state index contributed by atoms with van der Waals surface area (Å²) < 4.78 is 5.77. The Bertz CT molecular complexity index is 1260. The van der Waals surface area contributed by atoms with Crippen LogP contribution in [0.25, 0.3) is 10.8 Å². The van der Waals surface area contributed by atoms with Gasteiger partial charge in [-0.2, -0.15) is 0 Å². The number of hydrogen-bond donors (Lipinski definition) is 2. The van der Waals surface area contributed by atoms with E-state index < -0.39 is 5.97 Å². The van der Waals surface area contributed by atoms with Gasteiger partial charge in [0.25, 0.3) is 0 Å². The number of aromatic hydroxyl groups is 2. The quantitative estimate of drug-likeness (QED) is 0.0597. The molecule has 248 valence electrons. The van der Waals surface area contributed by atoms with Gasteiger partial charge in [-0.3, -0.25) is 0 Å². The number of fused-ring (bicyclic) bond motifs is 1. The van der Waals surface area contributed by atoms with Crippen molar-refractivity contribution in [2.75, 3.05) is 0 Å². The molecule has 0 aliphatic carbocycles. The average Bonchev–Trinajstić information content (AvgIpc) is 3.04. The van der Waals surface area contributed by atoms with Crippen molar-refractivity contribution < 1.29 is 19.7 Å². The molecule has 0 radical (unpaired) electrons. The fraction of sp³-hybridized carbons (Fsp3) is 0.585. The molecule has 3 rings (SSSR count). The molecule has 0 amide bonds. The van der Waals surface area contributed by atoms with Crippen LogP contribution in [0.4, 0.5) is 0 Å². The maximum atomic E-state index is 13.6. The largest absolute Gasteiger partial charge is 0.507 e. The molecule has 2 N–H and O–H groups in total. The summed E-state index contributed by atoms with van der Waals surface area (Å²) in [6.07, 6.45) is 26.6. The highest BCUT2D eigenvalue weighted by molar-refractivity contribution is 6.08. The van der Waals surface area contributed by atoms with Crippen molar-refractivity contribution in [1.82, 2.24) is 0 Å². The first-order valence-electron chi connectivity index (χ1n) is 18.3. The first-order valence-corrected chi connectivity index (χ1v) is 18.3. The molecule has 3 aromatic rings. The Morgan fingerprint density at radius 1 is 0.556 bits per heavy atom. The molecule has 0 bridgehead atoms. The highest BCUT2D eigenvalue weighted by Crippen LogP contribution is 2.36. The number of benzene rings is 3. The van der Waals surface area contributed by atoms with Gasteiger partial charge in [0, 0.05) is 0 Å². The standard InChI is InChI=1S/C41H60O4/c1-3-5-7-9-11-13-15-17-19-21-26-33-29-25-31-37(39(33)42)45-41(44)38-36-30-24-23-27-34(36)32-35(40(38)43)28-22-20-18-16-14-12-10-8-6-4-2/h23-25,27,29-32,42-43H,3-22,26,28H2,1-2H3. The molecular weight excluding hydrogens is 556 g/mol. The lowest BCUT2D eigenvalue weighted by Gasteiger charge is -2.15. The van der Waals surface area contributed by atoms with Gasteiger partial charge < -0.3 is 14.9 Å². The van der Waals surface area contributed by atoms with E-state index in [-0.39, 0.29) is 22.8 Å². The number of esters is 1. The number of ether oxygens (including phenoxy) is 1. The predicted octanol–water partition coefficient (Wildman–Crippen LogP) is 12.4. The number of unbranched alkanes of at least 4 members (excludes halogenated alkanes) is 18. The summed E-state index contributed by atoms with van der Waals surface area (Å²) in [5.74, 6) is -0.476. The zero-order valence-electron chi connectivity index (χ0n) is 28.4. The summed E-state index contributed by atoms with van der Waals surface area (Å²) in [6, 6.07) is 15.0. The summed E-state index contributed by atoms with van der Waals surface area (Å²) in [5.41, 5.74) is 1.75. The first-order chi connectivity index (χ1) is 22.1. The van der Waals surface area contributed by atoms with E-state index in [4.69, 9.17) is 4.74 Å². The van der Waals surface area contributed by atoms with Gasteiger partial charge in [0.1, 0.15) is 11.3 Å². The van der Waals surface area contributed by atoms with Crippen molar-refractivity contribution in [3.05, 3.63) is 65.2 Å². The number of hydrogen-bond acceptors (Lipinski definition) is 4. The summed E-state index contributed by atoms with van der Waals surface area (Å²) >= 11 is 0. The van der Waals surface area contributed by atoms with Gasteiger partial charge in [-0.05, 0) is 59.7 Å². The Morgan fingerprint density at radius 2 is 1.04 bits per heavy atom. The Morgan fingerprint density at radius 3 is 1.60 bits per heavy atom. The summed E-state index contributed by atoms with van der Waals surface area (Å²) in [4.78, 5) is 13.6. The topological polar surface area (TPSA) is 66.8 Å². The molecule has 4 nitrogen and oxygen atoms in total. The van der Waals surface area contributed by atoms with E-state index >= 15 is 0 Å². The molecule has 3 aromatic carbocycles. The van der Waals surface area contributed by atoms with E-state index in [1.165, 1.54) is 103 Å². The van der Waals surface area contributed by atoms with Crippen LogP contribution < -0.4 is 4.74 Å². The second kappa shape index (κ2) is 21.7. The van der Waals surface area contributed by atoms with Crippen LogP contribution in [0.2, 0.25) is 0 Å². The molecule has 45 heavy (non-hydrogen) atoms. The molecule has 0 saturated carbocycles. The van der Waals surface area contributed by atoms with Gasteiger partial charge in [-0.15, -0.1) is 0 Å². The molecule has 0 aliphatic rings. The minimum atomic E-state index is -0.639. The fourth-order valence-corrected chi connectivity index (χ4v) is 6.40. The summed E-state index contributed by atoms with van der Waals surface area (Å²) in [7, 11) is 0. The highest BCUT2D eigenvalue weighted by atomic mass is 16.5. The smallest absolute Gasteiger partial charge is 0.348 e. The maximum Gasteiger partial charge on any atom is 0.348 e. The lowest BCUT2D eigenvalue weighted by Crippen LogP contribution is -2.11. The van der Waals surface area contributed by atoms with Crippen molar-refractivity contribution >= 4 is 16.7 Å². The van der Waals surface area contributed by atoms with Crippen LogP contribution >= 0.6 is 0 Å². The van der Waals surface area contributed by atoms with E-state index in [2.05, 4.69) is 13.8 Å². The Balaban J connectivity index is 1.54. The van der Waals surface area contributed by atoms with E-state index in [0.29, 0.717) is 11.8 Å². The molecule has 0 aliphatic heterocycles. The minimum Gasteiger partial charge on any atom is -0.507 e. The van der Waals surface area contributed by atoms with E-state index in [9.17, 15) is 15.0 Å². The molecule has 0 aromatic heterocycles. The molecule has 4 heteroatoms. The van der Waals surface area contributed by atoms with Crippen LogP contribution in [0.3, 0.4) is 0 Å². The summed E-state index contributed by atoms with van der Waals surface area (Å²) in [5, 5.41) is 23.8. The van der Waals surface area contributed by atoms with Crippen molar-refractivity contribution in [2.24, 2.45) is 0 Å². The second-order valence-corrected chi connectivity index (χ2v) is 13.0. The number of carbonyl (C=O) groups excluding carboxylic acids is 1. The van der Waals surface area contributed by atoms with E-state index in [1.54, 1.807) is 6.07 Å². The molecule has 0 heterocycles. The lowest BCUT2D eigenvalue weighted by molar-refractivity contribution is 0.0728.